The highest BCUT2D eigenvalue weighted by Gasteiger charge is 2.19. The van der Waals surface area contributed by atoms with E-state index >= 15 is 0 Å². The summed E-state index contributed by atoms with van der Waals surface area (Å²) in [7, 11) is 0. The van der Waals surface area contributed by atoms with Crippen LogP contribution in [0.1, 0.15) is 0 Å². The molecular weight excluding hydrogens is 231 g/mol. The van der Waals surface area contributed by atoms with Gasteiger partial charge in [-0.15, -0.1) is 0 Å². The molecule has 0 saturated heterocycles. The van der Waals surface area contributed by atoms with Crippen LogP contribution in [0, 0.1) is 0 Å². The van der Waals surface area contributed by atoms with Crippen molar-refractivity contribution in [3.63, 3.8) is 0 Å². The third-order valence-electron chi connectivity index (χ3n) is 1.42. The fourth-order valence-corrected chi connectivity index (χ4v) is 0.992. The first-order valence-corrected chi connectivity index (χ1v) is 4.58. The zero-order chi connectivity index (χ0) is 11.1. The summed E-state index contributed by atoms with van der Waals surface area (Å²) in [6.45, 7) is -0.757. The van der Waals surface area contributed by atoms with E-state index in [1.807, 2.05) is 0 Å². The van der Waals surface area contributed by atoms with E-state index in [4.69, 9.17) is 33.4 Å². The van der Waals surface area contributed by atoms with E-state index in [9.17, 15) is 10.2 Å². The highest BCUT2D eigenvalue weighted by atomic mass is 35.5. The monoisotopic (exact) mass is 242 g/mol. The Hall–Kier alpha value is -0.100. The smallest absolute Gasteiger partial charge is 0.120 e. The van der Waals surface area contributed by atoms with Crippen molar-refractivity contribution >= 4 is 23.2 Å². The molecule has 0 heterocycles. The van der Waals surface area contributed by atoms with Gasteiger partial charge in [-0.25, -0.2) is 0 Å². The van der Waals surface area contributed by atoms with Gasteiger partial charge in [0.2, 0.25) is 0 Å². The van der Waals surface area contributed by atoms with E-state index in [2.05, 4.69) is 0 Å². The molecule has 0 aliphatic carbocycles. The lowest BCUT2D eigenvalue weighted by Crippen LogP contribution is -2.25. The molecule has 0 bridgehead atoms. The molecule has 2 atom stereocenters. The van der Waals surface area contributed by atoms with E-state index in [1.165, 1.54) is 12.2 Å². The van der Waals surface area contributed by atoms with Crippen LogP contribution in [0.15, 0.2) is 22.2 Å². The third-order valence-corrected chi connectivity index (χ3v) is 2.29. The van der Waals surface area contributed by atoms with Crippen molar-refractivity contribution in [2.45, 2.75) is 12.2 Å². The van der Waals surface area contributed by atoms with Crippen LogP contribution >= 0.6 is 23.2 Å². The van der Waals surface area contributed by atoms with Gasteiger partial charge in [-0.05, 0) is 0 Å². The molecule has 4 nitrogen and oxygen atoms in total. The van der Waals surface area contributed by atoms with Crippen LogP contribution in [-0.4, -0.2) is 45.8 Å². The second-order valence-electron chi connectivity index (χ2n) is 2.46. The predicted octanol–water partition coefficient (Wildman–Crippen LogP) is -0.0618. The number of aliphatic hydroxyl groups is 4. The van der Waals surface area contributed by atoms with Crippen molar-refractivity contribution in [1.29, 1.82) is 0 Å². The van der Waals surface area contributed by atoms with Crippen molar-refractivity contribution in [1.82, 2.24) is 0 Å². The fraction of sp³-hybridized carbons (Fsp3) is 0.500. The molecule has 0 aromatic carbocycles. The molecule has 0 spiro atoms. The zero-order valence-corrected chi connectivity index (χ0v) is 8.78. The van der Waals surface area contributed by atoms with Gasteiger partial charge in [-0.1, -0.05) is 35.4 Å². The average Bonchev–Trinajstić information content (AvgIpc) is 2.22. The van der Waals surface area contributed by atoms with Gasteiger partial charge in [0.05, 0.1) is 23.3 Å². The Morgan fingerprint density at radius 3 is 2.21 bits per heavy atom. The van der Waals surface area contributed by atoms with Crippen LogP contribution in [0.3, 0.4) is 0 Å². The van der Waals surface area contributed by atoms with Crippen LogP contribution in [-0.2, 0) is 0 Å². The molecule has 0 aliphatic rings. The van der Waals surface area contributed by atoms with Crippen LogP contribution < -0.4 is 0 Å². The highest BCUT2D eigenvalue weighted by Crippen LogP contribution is 2.19. The Morgan fingerprint density at radius 2 is 1.79 bits per heavy atom. The van der Waals surface area contributed by atoms with Crippen molar-refractivity contribution in [3.8, 4) is 0 Å². The first-order chi connectivity index (χ1) is 6.54. The normalized spacial score (nSPS) is 18.1. The van der Waals surface area contributed by atoms with E-state index in [0.717, 1.165) is 0 Å². The minimum atomic E-state index is -1.40. The second-order valence-corrected chi connectivity index (χ2v) is 3.32. The van der Waals surface area contributed by atoms with Crippen molar-refractivity contribution in [3.05, 3.63) is 22.2 Å². The molecule has 0 aromatic rings. The van der Waals surface area contributed by atoms with Gasteiger partial charge in [0.25, 0.3) is 0 Å². The Labute approximate surface area is 91.7 Å². The Morgan fingerprint density at radius 1 is 1.21 bits per heavy atom. The molecule has 0 saturated carbocycles. The quantitative estimate of drug-likeness (QED) is 0.510. The van der Waals surface area contributed by atoms with Gasteiger partial charge in [0, 0.05) is 0 Å². The highest BCUT2D eigenvalue weighted by molar-refractivity contribution is 6.39. The lowest BCUT2D eigenvalue weighted by Gasteiger charge is -2.14. The maximum atomic E-state index is 9.35. The lowest BCUT2D eigenvalue weighted by molar-refractivity contribution is 0.0768. The van der Waals surface area contributed by atoms with Gasteiger partial charge >= 0.3 is 0 Å². The second kappa shape index (κ2) is 7.23. The molecule has 14 heavy (non-hydrogen) atoms. The average molecular weight is 243 g/mol. The number of hydrogen-bond donors (Lipinski definition) is 4. The molecule has 82 valence electrons. The summed E-state index contributed by atoms with van der Waals surface area (Å²) in [6.07, 6.45) is -0.242. The van der Waals surface area contributed by atoms with Gasteiger partial charge in [0.15, 0.2) is 0 Å². The van der Waals surface area contributed by atoms with Crippen LogP contribution in [0.2, 0.25) is 0 Å². The van der Waals surface area contributed by atoms with Crippen molar-refractivity contribution in [2.24, 2.45) is 0 Å². The summed E-state index contributed by atoms with van der Waals surface area (Å²) in [5, 5.41) is 35.2. The third kappa shape index (κ3) is 4.41. The van der Waals surface area contributed by atoms with Crippen LogP contribution in [0.25, 0.3) is 0 Å². The van der Waals surface area contributed by atoms with E-state index in [-0.39, 0.29) is 16.7 Å². The Balaban J connectivity index is 4.45. The van der Waals surface area contributed by atoms with Crippen LogP contribution in [0.4, 0.5) is 0 Å². The number of aliphatic hydroxyl groups excluding tert-OH is 4. The van der Waals surface area contributed by atoms with Crippen molar-refractivity contribution < 1.29 is 20.4 Å². The molecule has 0 aliphatic heterocycles. The summed E-state index contributed by atoms with van der Waals surface area (Å²) in [6, 6.07) is 0. The minimum Gasteiger partial charge on any atom is -0.392 e. The SMILES string of the molecule is OCC=CC(O)C(O)C(Cl)=C(Cl)CO. The van der Waals surface area contributed by atoms with Crippen LogP contribution in [0.5, 0.6) is 0 Å². The molecule has 0 aromatic heterocycles. The molecule has 0 fully saturated rings. The largest absolute Gasteiger partial charge is 0.392 e. The molecular formula is C8H12Cl2O4. The molecule has 2 unspecified atom stereocenters. The summed E-state index contributed by atoms with van der Waals surface area (Å²) in [4.78, 5) is 0. The topological polar surface area (TPSA) is 80.9 Å². The summed E-state index contributed by atoms with van der Waals surface area (Å²) >= 11 is 11.0. The van der Waals surface area contributed by atoms with Gasteiger partial charge < -0.3 is 20.4 Å². The number of rotatable bonds is 5. The Kier molecular flexibility index (Phi) is 7.17. The Bertz CT molecular complexity index is 227. The molecule has 6 heteroatoms. The zero-order valence-electron chi connectivity index (χ0n) is 7.27. The van der Waals surface area contributed by atoms with E-state index in [1.54, 1.807) is 0 Å². The molecule has 0 radical (unpaired) electrons. The van der Waals surface area contributed by atoms with E-state index < -0.39 is 18.8 Å². The molecule has 4 N–H and O–H groups in total. The molecule has 0 amide bonds. The summed E-state index contributed by atoms with van der Waals surface area (Å²) in [5.74, 6) is 0. The molecule has 0 rings (SSSR count). The predicted molar refractivity (Wildman–Crippen MR) is 54.1 cm³/mol. The standard InChI is InChI=1S/C8H12Cl2O4/c9-5(4-12)7(10)8(14)6(13)2-1-3-11/h1-2,6,8,11-14H,3-4H2. The first kappa shape index (κ1) is 13.9. The lowest BCUT2D eigenvalue weighted by atomic mass is 10.1. The maximum Gasteiger partial charge on any atom is 0.120 e. The first-order valence-electron chi connectivity index (χ1n) is 3.83. The maximum absolute atomic E-state index is 9.35. The number of hydrogen-bond acceptors (Lipinski definition) is 4. The number of halogens is 2. The summed E-state index contributed by atoms with van der Waals surface area (Å²) in [5.41, 5.74) is 0. The van der Waals surface area contributed by atoms with Gasteiger partial charge in [-0.2, -0.15) is 0 Å². The van der Waals surface area contributed by atoms with Crippen molar-refractivity contribution in [2.75, 3.05) is 13.2 Å². The minimum absolute atomic E-state index is 0.129. The van der Waals surface area contributed by atoms with Gasteiger partial charge in [0.1, 0.15) is 12.2 Å². The summed E-state index contributed by atoms with van der Waals surface area (Å²) < 4.78 is 0. The fourth-order valence-electron chi connectivity index (χ4n) is 0.691. The van der Waals surface area contributed by atoms with E-state index in [0.29, 0.717) is 0 Å². The van der Waals surface area contributed by atoms with Gasteiger partial charge in [-0.3, -0.25) is 0 Å².